The molecular weight excluding hydrogens is 138 g/mol. The molecule has 1 fully saturated rings. The van der Waals surface area contributed by atoms with Crippen molar-refractivity contribution in [3.8, 4) is 0 Å². The summed E-state index contributed by atoms with van der Waals surface area (Å²) in [4.78, 5) is 0. The molecule has 0 aromatic rings. The van der Waals surface area contributed by atoms with Gasteiger partial charge in [-0.2, -0.15) is 0 Å². The number of hydrogen-bond acceptors (Lipinski definition) is 2. The van der Waals surface area contributed by atoms with Crippen LogP contribution in [-0.2, 0) is 4.74 Å². The van der Waals surface area contributed by atoms with Crippen molar-refractivity contribution in [3.63, 3.8) is 0 Å². The monoisotopic (exact) mass is 157 g/mol. The van der Waals surface area contributed by atoms with Gasteiger partial charge in [0.1, 0.15) is 5.72 Å². The fraction of sp³-hybridized carbons (Fsp3) is 1.00. The topological polar surface area (TPSA) is 21.3 Å². The lowest BCUT2D eigenvalue weighted by atomic mass is 10.1. The summed E-state index contributed by atoms with van der Waals surface area (Å²) in [6, 6.07) is 0.576. The molecule has 1 heterocycles. The lowest BCUT2D eigenvalue weighted by Crippen LogP contribution is -2.40. The molecule has 1 rings (SSSR count). The Labute approximate surface area is 69.3 Å². The van der Waals surface area contributed by atoms with E-state index in [1.54, 1.807) is 0 Å². The Balaban J connectivity index is 2.37. The van der Waals surface area contributed by atoms with E-state index < -0.39 is 0 Å². The zero-order chi connectivity index (χ0) is 8.32. The third-order valence-corrected chi connectivity index (χ3v) is 2.33. The van der Waals surface area contributed by atoms with E-state index in [1.807, 2.05) is 0 Å². The summed E-state index contributed by atoms with van der Waals surface area (Å²) in [5.41, 5.74) is -0.0323. The summed E-state index contributed by atoms with van der Waals surface area (Å²) in [6.45, 7) is 7.41. The van der Waals surface area contributed by atoms with Crippen molar-refractivity contribution in [1.29, 1.82) is 0 Å². The fourth-order valence-corrected chi connectivity index (χ4v) is 1.64. The molecule has 0 aromatic heterocycles. The molecule has 0 aliphatic carbocycles. The van der Waals surface area contributed by atoms with Crippen LogP contribution < -0.4 is 5.32 Å². The predicted molar refractivity (Wildman–Crippen MR) is 46.5 cm³/mol. The highest BCUT2D eigenvalue weighted by molar-refractivity contribution is 4.83. The highest BCUT2D eigenvalue weighted by Gasteiger charge is 2.33. The largest absolute Gasteiger partial charge is 0.359 e. The second-order valence-electron chi connectivity index (χ2n) is 3.54. The molecule has 1 aliphatic rings. The van der Waals surface area contributed by atoms with E-state index in [-0.39, 0.29) is 5.72 Å². The lowest BCUT2D eigenvalue weighted by molar-refractivity contribution is -0.00112. The summed E-state index contributed by atoms with van der Waals surface area (Å²) in [5.74, 6) is 0. The van der Waals surface area contributed by atoms with Crippen LogP contribution in [0.3, 0.4) is 0 Å². The van der Waals surface area contributed by atoms with Gasteiger partial charge in [0.05, 0.1) is 6.61 Å². The van der Waals surface area contributed by atoms with Gasteiger partial charge in [-0.3, -0.25) is 5.32 Å². The van der Waals surface area contributed by atoms with Gasteiger partial charge in [0.25, 0.3) is 0 Å². The maximum absolute atomic E-state index is 5.67. The van der Waals surface area contributed by atoms with Crippen molar-refractivity contribution >= 4 is 0 Å². The van der Waals surface area contributed by atoms with Crippen LogP contribution in [0.15, 0.2) is 0 Å². The van der Waals surface area contributed by atoms with Crippen molar-refractivity contribution < 1.29 is 4.74 Å². The Kier molecular flexibility index (Phi) is 2.90. The van der Waals surface area contributed by atoms with Crippen molar-refractivity contribution in [3.05, 3.63) is 0 Å². The van der Waals surface area contributed by atoms with Gasteiger partial charge in [0.15, 0.2) is 0 Å². The molecule has 2 atom stereocenters. The zero-order valence-electron chi connectivity index (χ0n) is 7.81. The van der Waals surface area contributed by atoms with Gasteiger partial charge in [0, 0.05) is 6.04 Å². The molecule has 1 N–H and O–H groups in total. The average molecular weight is 157 g/mol. The van der Waals surface area contributed by atoms with E-state index in [9.17, 15) is 0 Å². The molecule has 0 radical (unpaired) electrons. The fourth-order valence-electron chi connectivity index (χ4n) is 1.64. The number of nitrogens with one attached hydrogen (secondary N) is 1. The SMILES string of the molecule is CCCC1(C)NC(CC)CO1. The molecule has 66 valence electrons. The van der Waals surface area contributed by atoms with Crippen molar-refractivity contribution in [2.75, 3.05) is 6.61 Å². The molecule has 1 aliphatic heterocycles. The first-order chi connectivity index (χ1) is 5.20. The van der Waals surface area contributed by atoms with Crippen molar-refractivity contribution in [2.45, 2.75) is 51.8 Å². The summed E-state index contributed by atoms with van der Waals surface area (Å²) >= 11 is 0. The van der Waals surface area contributed by atoms with Gasteiger partial charge in [-0.1, -0.05) is 20.3 Å². The van der Waals surface area contributed by atoms with Gasteiger partial charge in [0.2, 0.25) is 0 Å². The number of ether oxygens (including phenoxy) is 1. The van der Waals surface area contributed by atoms with Crippen LogP contribution in [0.4, 0.5) is 0 Å². The average Bonchev–Trinajstić information content (AvgIpc) is 2.33. The van der Waals surface area contributed by atoms with E-state index in [0.29, 0.717) is 6.04 Å². The second kappa shape index (κ2) is 3.55. The number of rotatable bonds is 3. The highest BCUT2D eigenvalue weighted by atomic mass is 16.5. The molecule has 2 unspecified atom stereocenters. The quantitative estimate of drug-likeness (QED) is 0.675. The van der Waals surface area contributed by atoms with Crippen LogP contribution in [0, 0.1) is 0 Å². The molecule has 2 heteroatoms. The maximum atomic E-state index is 5.67. The summed E-state index contributed by atoms with van der Waals surface area (Å²) < 4.78 is 5.67. The third-order valence-electron chi connectivity index (χ3n) is 2.33. The molecule has 0 bridgehead atoms. The summed E-state index contributed by atoms with van der Waals surface area (Å²) in [5, 5.41) is 3.50. The minimum Gasteiger partial charge on any atom is -0.359 e. The Hall–Kier alpha value is -0.0800. The van der Waals surface area contributed by atoms with Crippen LogP contribution in [0.25, 0.3) is 0 Å². The van der Waals surface area contributed by atoms with Gasteiger partial charge in [-0.05, 0) is 19.8 Å². The van der Waals surface area contributed by atoms with Crippen molar-refractivity contribution in [2.24, 2.45) is 0 Å². The van der Waals surface area contributed by atoms with E-state index in [1.165, 1.54) is 12.8 Å². The molecule has 0 spiro atoms. The first kappa shape index (κ1) is 9.01. The molecule has 1 saturated heterocycles. The predicted octanol–water partition coefficient (Wildman–Crippen LogP) is 1.90. The lowest BCUT2D eigenvalue weighted by Gasteiger charge is -2.23. The standard InChI is InChI=1S/C9H19NO/c1-4-6-9(3)10-8(5-2)7-11-9/h8,10H,4-7H2,1-3H3. The molecule has 0 amide bonds. The third kappa shape index (κ3) is 2.17. The zero-order valence-corrected chi connectivity index (χ0v) is 7.81. The smallest absolute Gasteiger partial charge is 0.116 e. The van der Waals surface area contributed by atoms with Crippen LogP contribution in [-0.4, -0.2) is 18.4 Å². The highest BCUT2D eigenvalue weighted by Crippen LogP contribution is 2.21. The van der Waals surface area contributed by atoms with Crippen LogP contribution in [0.5, 0.6) is 0 Å². The summed E-state index contributed by atoms with van der Waals surface area (Å²) in [7, 11) is 0. The van der Waals surface area contributed by atoms with Gasteiger partial charge in [-0.25, -0.2) is 0 Å². The van der Waals surface area contributed by atoms with Crippen molar-refractivity contribution in [1.82, 2.24) is 5.32 Å². The molecule has 11 heavy (non-hydrogen) atoms. The van der Waals surface area contributed by atoms with Crippen LogP contribution in [0.1, 0.15) is 40.0 Å². The van der Waals surface area contributed by atoms with E-state index in [0.717, 1.165) is 13.0 Å². The van der Waals surface area contributed by atoms with Gasteiger partial charge < -0.3 is 4.74 Å². The molecule has 0 aromatic carbocycles. The molecule has 0 saturated carbocycles. The normalized spacial score (nSPS) is 37.9. The molecular formula is C9H19NO. The van der Waals surface area contributed by atoms with Gasteiger partial charge in [-0.15, -0.1) is 0 Å². The minimum absolute atomic E-state index is 0.0323. The first-order valence-electron chi connectivity index (χ1n) is 4.62. The number of hydrogen-bond donors (Lipinski definition) is 1. The Morgan fingerprint density at radius 1 is 1.55 bits per heavy atom. The van der Waals surface area contributed by atoms with E-state index in [4.69, 9.17) is 4.74 Å². The first-order valence-corrected chi connectivity index (χ1v) is 4.62. The second-order valence-corrected chi connectivity index (χ2v) is 3.54. The van der Waals surface area contributed by atoms with Gasteiger partial charge >= 0.3 is 0 Å². The van der Waals surface area contributed by atoms with E-state index >= 15 is 0 Å². The Morgan fingerprint density at radius 2 is 2.27 bits per heavy atom. The maximum Gasteiger partial charge on any atom is 0.116 e. The minimum atomic E-state index is -0.0323. The molecule has 2 nitrogen and oxygen atoms in total. The summed E-state index contributed by atoms with van der Waals surface area (Å²) in [6.07, 6.45) is 3.46. The Bertz CT molecular complexity index is 127. The van der Waals surface area contributed by atoms with Crippen LogP contribution in [0.2, 0.25) is 0 Å². The van der Waals surface area contributed by atoms with E-state index in [2.05, 4.69) is 26.1 Å². The van der Waals surface area contributed by atoms with Crippen LogP contribution >= 0.6 is 0 Å². The Morgan fingerprint density at radius 3 is 2.73 bits per heavy atom.